The molecular weight excluding hydrogens is 735 g/mol. The van der Waals surface area contributed by atoms with Gasteiger partial charge in [0.1, 0.15) is 18.1 Å². The zero-order chi connectivity index (χ0) is 40.6. The second-order valence-electron chi connectivity index (χ2n) is 15.6. The fourth-order valence-electron chi connectivity index (χ4n) is 8.10. The Labute approximate surface area is 337 Å². The number of piperidine rings is 2. The molecule has 8 N–H and O–H groups in total. The summed E-state index contributed by atoms with van der Waals surface area (Å²) in [4.78, 5) is 73.8. The molecule has 5 aromatic rings. The van der Waals surface area contributed by atoms with Crippen molar-refractivity contribution in [2.75, 3.05) is 26.2 Å². The Bertz CT molecular complexity index is 2260. The van der Waals surface area contributed by atoms with Gasteiger partial charge in [-0.1, -0.05) is 91.0 Å². The average Bonchev–Trinajstić information content (AvgIpc) is 3.65. The summed E-state index contributed by atoms with van der Waals surface area (Å²) in [6.45, 7) is 1.63. The van der Waals surface area contributed by atoms with Crippen LogP contribution in [0.15, 0.2) is 103 Å². The van der Waals surface area contributed by atoms with Crippen LogP contribution in [-0.2, 0) is 43.2 Å². The van der Waals surface area contributed by atoms with Gasteiger partial charge >= 0.3 is 5.97 Å². The van der Waals surface area contributed by atoms with E-state index in [1.54, 1.807) is 11.1 Å². The number of fused-ring (bicyclic) bond motifs is 2. The number of aromatic nitrogens is 1. The first kappa shape index (κ1) is 40.2. The van der Waals surface area contributed by atoms with Crippen molar-refractivity contribution in [2.24, 2.45) is 11.7 Å². The van der Waals surface area contributed by atoms with E-state index in [0.29, 0.717) is 38.8 Å². The van der Waals surface area contributed by atoms with Crippen molar-refractivity contribution in [2.45, 2.75) is 68.6 Å². The van der Waals surface area contributed by atoms with Gasteiger partial charge in [-0.25, -0.2) is 0 Å². The number of rotatable bonds is 14. The topological polar surface area (TPSA) is 199 Å². The first-order valence-corrected chi connectivity index (χ1v) is 20.1. The molecule has 302 valence electrons. The minimum atomic E-state index is -1.16. The molecule has 0 saturated carbocycles. The molecule has 3 atom stereocenters. The molecule has 0 bridgehead atoms. The van der Waals surface area contributed by atoms with Crippen molar-refractivity contribution in [3.63, 3.8) is 0 Å². The number of nitrogens with zero attached hydrogens (tertiary/aromatic N) is 1. The second-order valence-corrected chi connectivity index (χ2v) is 15.6. The quantitative estimate of drug-likeness (QED) is 0.0891. The molecule has 13 nitrogen and oxygen atoms in total. The third kappa shape index (κ3) is 9.55. The van der Waals surface area contributed by atoms with E-state index in [2.05, 4.69) is 26.3 Å². The number of amides is 4. The van der Waals surface area contributed by atoms with E-state index in [1.165, 1.54) is 0 Å². The van der Waals surface area contributed by atoms with Crippen molar-refractivity contribution in [3.05, 3.63) is 120 Å². The Balaban J connectivity index is 1.18. The summed E-state index contributed by atoms with van der Waals surface area (Å²) in [5.74, 6) is -3.33. The van der Waals surface area contributed by atoms with E-state index in [4.69, 9.17) is 5.73 Å². The number of aromatic amines is 1. The largest absolute Gasteiger partial charge is 0.481 e. The van der Waals surface area contributed by atoms with Crippen LogP contribution < -0.4 is 27.0 Å². The van der Waals surface area contributed by atoms with E-state index in [1.807, 2.05) is 97.1 Å². The lowest BCUT2D eigenvalue weighted by atomic mass is 9.88. The number of hydrogen-bond acceptors (Lipinski definition) is 7. The van der Waals surface area contributed by atoms with Crippen LogP contribution in [0.2, 0.25) is 0 Å². The molecule has 0 spiro atoms. The standard InChI is InChI=1S/C45H51N7O6/c46-45(18-20-47-21-19-45)44(58)51-37(25-29-8-2-1-3-9-29)40(53)49-38(27-34-28-48-36-13-7-6-12-35(34)36)41(54)50-39(42(55)52-22-16-32(17-23-52)43(56)57)26-30-14-15-31-10-4-5-11-33(31)24-30/h1-15,24,28,32,37-39,47-48H,16-23,25-27,46H2,(H,49,53)(H,50,54)(H,51,58)(H,56,57)/t37-,38+,39+/m0/s1. The monoisotopic (exact) mass is 785 g/mol. The van der Waals surface area contributed by atoms with E-state index in [0.717, 1.165) is 38.4 Å². The lowest BCUT2D eigenvalue weighted by molar-refractivity contribution is -0.146. The van der Waals surface area contributed by atoms with E-state index in [9.17, 15) is 29.1 Å². The molecule has 4 amide bonds. The van der Waals surface area contributed by atoms with Crippen LogP contribution in [0, 0.1) is 5.92 Å². The number of para-hydroxylation sites is 1. The van der Waals surface area contributed by atoms with Crippen LogP contribution in [0.25, 0.3) is 21.7 Å². The molecule has 7 rings (SSSR count). The fraction of sp³-hybridized carbons (Fsp3) is 0.356. The molecule has 1 aromatic heterocycles. The van der Waals surface area contributed by atoms with Gasteiger partial charge in [-0.05, 0) is 72.3 Å². The molecule has 2 aliphatic rings. The van der Waals surface area contributed by atoms with Gasteiger partial charge in [0, 0.05) is 49.5 Å². The maximum atomic E-state index is 14.7. The molecule has 58 heavy (non-hydrogen) atoms. The highest BCUT2D eigenvalue weighted by atomic mass is 16.4. The summed E-state index contributed by atoms with van der Waals surface area (Å²) in [6, 6.07) is 27.5. The van der Waals surface area contributed by atoms with Gasteiger partial charge < -0.3 is 42.0 Å². The summed E-state index contributed by atoms with van der Waals surface area (Å²) in [5, 5.41) is 24.6. The van der Waals surface area contributed by atoms with Crippen molar-refractivity contribution < 1.29 is 29.1 Å². The number of nitrogens with two attached hydrogens (primary N) is 1. The highest BCUT2D eigenvalue weighted by molar-refractivity contribution is 5.96. The predicted molar refractivity (Wildman–Crippen MR) is 222 cm³/mol. The lowest BCUT2D eigenvalue weighted by Gasteiger charge is -2.34. The SMILES string of the molecule is NC1(C(=O)N[C@@H](Cc2ccccc2)C(=O)N[C@H](Cc2c[nH]c3ccccc23)C(=O)N[C@H](Cc2ccc3ccccc3c2)C(=O)N2CCC(C(=O)O)CC2)CCNCC1. The van der Waals surface area contributed by atoms with Crippen LogP contribution in [-0.4, -0.2) is 94.4 Å². The second kappa shape index (κ2) is 18.0. The number of carboxylic acids is 1. The molecule has 0 unspecified atom stereocenters. The number of carbonyl (C=O) groups excluding carboxylic acids is 4. The smallest absolute Gasteiger partial charge is 0.306 e. The normalized spacial score (nSPS) is 17.2. The van der Waals surface area contributed by atoms with Crippen molar-refractivity contribution in [1.29, 1.82) is 0 Å². The highest BCUT2D eigenvalue weighted by Gasteiger charge is 2.39. The fourth-order valence-corrected chi connectivity index (χ4v) is 8.10. The zero-order valence-corrected chi connectivity index (χ0v) is 32.4. The number of aliphatic carboxylic acids is 1. The van der Waals surface area contributed by atoms with Crippen molar-refractivity contribution >= 4 is 51.3 Å². The summed E-state index contributed by atoms with van der Waals surface area (Å²) >= 11 is 0. The van der Waals surface area contributed by atoms with E-state index in [-0.39, 0.29) is 38.3 Å². The van der Waals surface area contributed by atoms with E-state index < -0.39 is 53.3 Å². The number of H-pyrrole nitrogens is 1. The Kier molecular flexibility index (Phi) is 12.5. The molecule has 0 radical (unpaired) electrons. The zero-order valence-electron chi connectivity index (χ0n) is 32.4. The van der Waals surface area contributed by atoms with Crippen molar-refractivity contribution in [1.82, 2.24) is 31.2 Å². The van der Waals surface area contributed by atoms with E-state index >= 15 is 0 Å². The Hall–Kier alpha value is -6.05. The summed E-state index contributed by atoms with van der Waals surface area (Å²) in [6.07, 6.45) is 3.65. The number of hydrogen-bond donors (Lipinski definition) is 7. The summed E-state index contributed by atoms with van der Waals surface area (Å²) < 4.78 is 0. The van der Waals surface area contributed by atoms with Crippen LogP contribution in [0.3, 0.4) is 0 Å². The Morgan fingerprint density at radius 1 is 0.724 bits per heavy atom. The Morgan fingerprint density at radius 2 is 1.34 bits per heavy atom. The maximum absolute atomic E-state index is 14.7. The van der Waals surface area contributed by atoms with Crippen molar-refractivity contribution in [3.8, 4) is 0 Å². The molecule has 0 aliphatic carbocycles. The van der Waals surface area contributed by atoms with Gasteiger partial charge in [0.15, 0.2) is 0 Å². The Morgan fingerprint density at radius 3 is 2.07 bits per heavy atom. The van der Waals surface area contributed by atoms with Crippen LogP contribution in [0.4, 0.5) is 0 Å². The van der Waals surface area contributed by atoms with Gasteiger partial charge in [-0.3, -0.25) is 24.0 Å². The number of carboxylic acid groups (broad SMARTS) is 1. The summed E-state index contributed by atoms with van der Waals surface area (Å²) in [7, 11) is 0. The van der Waals surface area contributed by atoms with Crippen LogP contribution in [0.5, 0.6) is 0 Å². The highest BCUT2D eigenvalue weighted by Crippen LogP contribution is 2.23. The maximum Gasteiger partial charge on any atom is 0.306 e. The number of carbonyl (C=O) groups is 5. The average molecular weight is 786 g/mol. The molecule has 3 heterocycles. The lowest BCUT2D eigenvalue weighted by Crippen LogP contribution is -2.63. The van der Waals surface area contributed by atoms with Gasteiger partial charge in [-0.2, -0.15) is 0 Å². The first-order valence-electron chi connectivity index (χ1n) is 20.1. The molecular formula is C45H51N7O6. The molecule has 2 saturated heterocycles. The van der Waals surface area contributed by atoms with Crippen LogP contribution in [0.1, 0.15) is 42.4 Å². The van der Waals surface area contributed by atoms with Gasteiger partial charge in [-0.15, -0.1) is 0 Å². The predicted octanol–water partition coefficient (Wildman–Crippen LogP) is 3.21. The molecule has 13 heteroatoms. The minimum Gasteiger partial charge on any atom is -0.481 e. The van der Waals surface area contributed by atoms with Gasteiger partial charge in [0.05, 0.1) is 11.5 Å². The molecule has 2 aliphatic heterocycles. The minimum absolute atomic E-state index is 0.0843. The third-order valence-electron chi connectivity index (χ3n) is 11.6. The van der Waals surface area contributed by atoms with Gasteiger partial charge in [0.2, 0.25) is 23.6 Å². The van der Waals surface area contributed by atoms with Crippen LogP contribution >= 0.6 is 0 Å². The first-order chi connectivity index (χ1) is 28.1. The molecule has 2 fully saturated rings. The number of nitrogens with one attached hydrogen (secondary N) is 5. The van der Waals surface area contributed by atoms with Gasteiger partial charge in [0.25, 0.3) is 0 Å². The third-order valence-corrected chi connectivity index (χ3v) is 11.6. The number of benzene rings is 4. The number of likely N-dealkylation sites (tertiary alicyclic amines) is 1. The summed E-state index contributed by atoms with van der Waals surface area (Å²) in [5.41, 5.74) is 8.71. The molecule has 4 aromatic carbocycles.